The molecule has 0 bridgehead atoms. The van der Waals surface area contributed by atoms with Gasteiger partial charge in [-0.25, -0.2) is 4.98 Å². The first kappa shape index (κ1) is 30.1. The minimum atomic E-state index is -4.97. The van der Waals surface area contributed by atoms with Crippen molar-refractivity contribution in [2.24, 2.45) is 7.05 Å². The Morgan fingerprint density at radius 2 is 1.65 bits per heavy atom. The SMILES string of the molecule is CC[C@H]1C[C@H](N(Cc2cc(C(F)(F)F)cc(C(F)(F)F)c2)c2nnn(C)n2)c2nc(NCc3ccccc3)c(C)cc2N1. The number of benzene rings is 2. The van der Waals surface area contributed by atoms with Crippen LogP contribution < -0.4 is 15.5 Å². The normalized spacial score (nSPS) is 16.9. The van der Waals surface area contributed by atoms with Gasteiger partial charge in [0.15, 0.2) is 0 Å². The van der Waals surface area contributed by atoms with E-state index < -0.39 is 29.5 Å². The molecule has 14 heteroatoms. The van der Waals surface area contributed by atoms with Crippen molar-refractivity contribution in [2.45, 2.75) is 64.2 Å². The number of nitrogens with one attached hydrogen (secondary N) is 2. The molecule has 0 saturated heterocycles. The number of alkyl halides is 6. The van der Waals surface area contributed by atoms with Crippen molar-refractivity contribution in [1.29, 1.82) is 0 Å². The third-order valence-electron chi connectivity index (χ3n) is 7.35. The van der Waals surface area contributed by atoms with Crippen LogP contribution in [0.2, 0.25) is 0 Å². The molecule has 0 radical (unpaired) electrons. The second-order valence-electron chi connectivity index (χ2n) is 10.5. The Morgan fingerprint density at radius 1 is 0.977 bits per heavy atom. The number of tetrazole rings is 1. The van der Waals surface area contributed by atoms with Crippen molar-refractivity contribution in [2.75, 3.05) is 15.5 Å². The minimum absolute atomic E-state index is 0.0479. The zero-order valence-electron chi connectivity index (χ0n) is 23.6. The Bertz CT molecular complexity index is 1540. The molecule has 0 unspecified atom stereocenters. The lowest BCUT2D eigenvalue weighted by Gasteiger charge is -2.39. The zero-order chi connectivity index (χ0) is 30.9. The molecule has 4 aromatic rings. The first-order valence-electron chi connectivity index (χ1n) is 13.7. The number of aromatic nitrogens is 5. The molecule has 0 fully saturated rings. The molecule has 8 nitrogen and oxygen atoms in total. The summed E-state index contributed by atoms with van der Waals surface area (Å²) < 4.78 is 82.1. The maximum absolute atomic E-state index is 13.7. The first-order chi connectivity index (χ1) is 20.3. The maximum atomic E-state index is 13.7. The lowest BCUT2D eigenvalue weighted by atomic mass is 9.93. The number of aryl methyl sites for hydroxylation is 2. The van der Waals surface area contributed by atoms with Gasteiger partial charge in [0.25, 0.3) is 5.95 Å². The second-order valence-corrected chi connectivity index (χ2v) is 10.5. The van der Waals surface area contributed by atoms with Gasteiger partial charge >= 0.3 is 12.4 Å². The van der Waals surface area contributed by atoms with Crippen molar-refractivity contribution in [3.05, 3.63) is 88.1 Å². The van der Waals surface area contributed by atoms with Crippen molar-refractivity contribution < 1.29 is 26.3 Å². The largest absolute Gasteiger partial charge is 0.416 e. The molecule has 0 saturated carbocycles. The van der Waals surface area contributed by atoms with Gasteiger partial charge in [-0.05, 0) is 65.9 Å². The predicted octanol–water partition coefficient (Wildman–Crippen LogP) is 6.91. The number of rotatable bonds is 8. The predicted molar refractivity (Wildman–Crippen MR) is 149 cm³/mol. The Labute approximate surface area is 244 Å². The molecule has 43 heavy (non-hydrogen) atoms. The third kappa shape index (κ3) is 6.83. The molecule has 3 heterocycles. The summed E-state index contributed by atoms with van der Waals surface area (Å²) in [6.07, 6.45) is -8.79. The highest BCUT2D eigenvalue weighted by Gasteiger charge is 2.39. The number of halogens is 6. The van der Waals surface area contributed by atoms with Gasteiger partial charge in [-0.2, -0.15) is 31.1 Å². The Balaban J connectivity index is 1.59. The average molecular weight is 605 g/mol. The zero-order valence-corrected chi connectivity index (χ0v) is 23.6. The molecule has 1 aliphatic heterocycles. The van der Waals surface area contributed by atoms with Gasteiger partial charge in [-0.1, -0.05) is 42.4 Å². The van der Waals surface area contributed by atoms with Gasteiger partial charge in [-0.3, -0.25) is 0 Å². The van der Waals surface area contributed by atoms with E-state index in [0.717, 1.165) is 28.9 Å². The summed E-state index contributed by atoms with van der Waals surface area (Å²) in [6, 6.07) is 12.6. The molecule has 2 aromatic heterocycles. The molecular weight excluding hydrogens is 574 g/mol. The van der Waals surface area contributed by atoms with Gasteiger partial charge < -0.3 is 15.5 Å². The molecule has 0 amide bonds. The third-order valence-corrected chi connectivity index (χ3v) is 7.35. The summed E-state index contributed by atoms with van der Waals surface area (Å²) in [5, 5.41) is 19.1. The van der Waals surface area contributed by atoms with Crippen LogP contribution in [0.25, 0.3) is 0 Å². The van der Waals surface area contributed by atoms with E-state index >= 15 is 0 Å². The summed E-state index contributed by atoms with van der Waals surface area (Å²) >= 11 is 0. The molecule has 0 spiro atoms. The van der Waals surface area contributed by atoms with Crippen molar-refractivity contribution >= 4 is 17.5 Å². The minimum Gasteiger partial charge on any atom is -0.381 e. The second kappa shape index (κ2) is 11.7. The standard InChI is InChI=1S/C29H30F6N8/c1-4-22-14-24(25-23(37-22)10-17(2)26(38-25)36-15-18-8-6-5-7-9-18)43(27-39-41-42(3)40-27)16-19-11-20(28(30,31)32)13-21(12-19)29(33,34)35/h5-13,22,24,37H,4,14-16H2,1-3H3,(H,36,38)/t22-,24-/m0/s1. The summed E-state index contributed by atoms with van der Waals surface area (Å²) in [7, 11) is 1.53. The quantitative estimate of drug-likeness (QED) is 0.212. The smallest absolute Gasteiger partial charge is 0.381 e. The monoisotopic (exact) mass is 604 g/mol. The number of hydrogen-bond acceptors (Lipinski definition) is 7. The van der Waals surface area contributed by atoms with E-state index in [-0.39, 0.29) is 30.2 Å². The fourth-order valence-electron chi connectivity index (χ4n) is 5.18. The molecule has 0 aliphatic carbocycles. The van der Waals surface area contributed by atoms with Crippen molar-refractivity contribution in [1.82, 2.24) is 25.2 Å². The summed E-state index contributed by atoms with van der Waals surface area (Å²) in [5.41, 5.74) is 0.232. The topological polar surface area (TPSA) is 83.8 Å². The fourth-order valence-corrected chi connectivity index (χ4v) is 5.18. The lowest BCUT2D eigenvalue weighted by Crippen LogP contribution is -2.39. The Kier molecular flexibility index (Phi) is 8.21. The Hall–Kier alpha value is -4.36. The van der Waals surface area contributed by atoms with Gasteiger partial charge in [0.2, 0.25) is 0 Å². The van der Waals surface area contributed by atoms with Gasteiger partial charge in [0.1, 0.15) is 5.82 Å². The molecule has 228 valence electrons. The number of fused-ring (bicyclic) bond motifs is 1. The number of nitrogens with zero attached hydrogens (tertiary/aromatic N) is 6. The van der Waals surface area contributed by atoms with Crippen LogP contribution in [0.5, 0.6) is 0 Å². The molecule has 2 aromatic carbocycles. The van der Waals surface area contributed by atoms with Crippen LogP contribution in [0, 0.1) is 6.92 Å². The van der Waals surface area contributed by atoms with E-state index in [1.165, 1.54) is 11.8 Å². The van der Waals surface area contributed by atoms with Gasteiger partial charge in [-0.15, -0.1) is 5.10 Å². The van der Waals surface area contributed by atoms with E-state index in [0.29, 0.717) is 30.9 Å². The van der Waals surface area contributed by atoms with Crippen LogP contribution in [0.3, 0.4) is 0 Å². The van der Waals surface area contributed by atoms with E-state index in [4.69, 9.17) is 4.98 Å². The first-order valence-corrected chi connectivity index (χ1v) is 13.7. The molecular formula is C29H30F6N8. The summed E-state index contributed by atoms with van der Waals surface area (Å²) in [6.45, 7) is 4.06. The van der Waals surface area contributed by atoms with E-state index in [1.54, 1.807) is 4.90 Å². The fraction of sp³-hybridized carbons (Fsp3) is 0.379. The van der Waals surface area contributed by atoms with Crippen LogP contribution in [0.15, 0.2) is 54.6 Å². The molecule has 2 atom stereocenters. The van der Waals surface area contributed by atoms with Crippen LogP contribution >= 0.6 is 0 Å². The van der Waals surface area contributed by atoms with Crippen LogP contribution in [0.4, 0.5) is 43.8 Å². The van der Waals surface area contributed by atoms with E-state index in [2.05, 4.69) is 26.0 Å². The Morgan fingerprint density at radius 3 is 2.23 bits per heavy atom. The van der Waals surface area contributed by atoms with E-state index in [1.807, 2.05) is 50.2 Å². The number of hydrogen-bond donors (Lipinski definition) is 2. The highest BCUT2D eigenvalue weighted by Crippen LogP contribution is 2.41. The van der Waals surface area contributed by atoms with Crippen molar-refractivity contribution in [3.63, 3.8) is 0 Å². The highest BCUT2D eigenvalue weighted by molar-refractivity contribution is 5.62. The van der Waals surface area contributed by atoms with Gasteiger partial charge in [0.05, 0.1) is 35.6 Å². The summed E-state index contributed by atoms with van der Waals surface area (Å²) in [4.78, 5) is 7.69. The summed E-state index contributed by atoms with van der Waals surface area (Å²) in [5.74, 6) is 0.664. The maximum Gasteiger partial charge on any atom is 0.416 e. The number of pyridine rings is 1. The lowest BCUT2D eigenvalue weighted by molar-refractivity contribution is -0.143. The average Bonchev–Trinajstić information content (AvgIpc) is 3.39. The van der Waals surface area contributed by atoms with Gasteiger partial charge in [0, 0.05) is 19.1 Å². The van der Waals surface area contributed by atoms with Crippen molar-refractivity contribution in [3.8, 4) is 0 Å². The van der Waals surface area contributed by atoms with E-state index in [9.17, 15) is 26.3 Å². The number of anilines is 3. The molecule has 1 aliphatic rings. The molecule has 2 N–H and O–H groups in total. The van der Waals surface area contributed by atoms with Crippen LogP contribution in [-0.2, 0) is 32.5 Å². The highest BCUT2D eigenvalue weighted by atomic mass is 19.4. The van der Waals surface area contributed by atoms with Crippen LogP contribution in [0.1, 0.15) is 59.3 Å². The van der Waals surface area contributed by atoms with Crippen LogP contribution in [-0.4, -0.2) is 31.2 Å². The molecule has 5 rings (SSSR count).